The molecule has 1 aromatic heterocycles. The summed E-state index contributed by atoms with van der Waals surface area (Å²) in [4.78, 5) is 21.1. The maximum absolute atomic E-state index is 12.4. The second kappa shape index (κ2) is 8.62. The third kappa shape index (κ3) is 5.05. The molecule has 1 saturated heterocycles. The highest BCUT2D eigenvalue weighted by Crippen LogP contribution is 2.14. The van der Waals surface area contributed by atoms with Crippen LogP contribution >= 0.6 is 0 Å². The number of carbonyl (C=O) groups is 1. The molecule has 1 aromatic rings. The molecule has 1 N–H and O–H groups in total. The van der Waals surface area contributed by atoms with Gasteiger partial charge >= 0.3 is 0 Å². The fourth-order valence-corrected chi connectivity index (χ4v) is 3.06. The first-order chi connectivity index (χ1) is 11.4. The minimum atomic E-state index is -0.546. The standard InChI is InChI=1S/C18H32N4O2/c1-14(2)16(23)12-18(24)21-8-5-7-20(10-11-21)13-17-19-6-9-22(17)15(3)4/h6,9,14-16,23H,5,7-8,10-13H2,1-4H3. The zero-order valence-corrected chi connectivity index (χ0v) is 15.5. The van der Waals surface area contributed by atoms with Gasteiger partial charge in [-0.25, -0.2) is 4.98 Å². The topological polar surface area (TPSA) is 61.6 Å². The van der Waals surface area contributed by atoms with E-state index in [2.05, 4.69) is 28.3 Å². The van der Waals surface area contributed by atoms with Crippen LogP contribution in [0.4, 0.5) is 0 Å². The number of amides is 1. The lowest BCUT2D eigenvalue weighted by atomic mass is 10.0. The summed E-state index contributed by atoms with van der Waals surface area (Å²) in [5.41, 5.74) is 0. The second-order valence-corrected chi connectivity index (χ2v) is 7.37. The number of hydrogen-bond donors (Lipinski definition) is 1. The van der Waals surface area contributed by atoms with Crippen LogP contribution in [-0.4, -0.2) is 62.6 Å². The number of aliphatic hydroxyl groups is 1. The maximum atomic E-state index is 12.4. The van der Waals surface area contributed by atoms with Gasteiger partial charge in [0.05, 0.1) is 19.1 Å². The Kier molecular flexibility index (Phi) is 6.80. The summed E-state index contributed by atoms with van der Waals surface area (Å²) in [7, 11) is 0. The highest BCUT2D eigenvalue weighted by atomic mass is 16.3. The molecule has 0 aromatic carbocycles. The van der Waals surface area contributed by atoms with Crippen molar-refractivity contribution >= 4 is 5.91 Å². The smallest absolute Gasteiger partial charge is 0.225 e. The molecule has 1 fully saturated rings. The maximum Gasteiger partial charge on any atom is 0.225 e. The molecule has 1 aliphatic rings. The van der Waals surface area contributed by atoms with Gasteiger partial charge in [0.2, 0.25) is 5.91 Å². The molecule has 1 amide bonds. The van der Waals surface area contributed by atoms with Crippen molar-refractivity contribution in [3.05, 3.63) is 18.2 Å². The zero-order chi connectivity index (χ0) is 17.7. The van der Waals surface area contributed by atoms with E-state index in [0.29, 0.717) is 6.04 Å². The number of aromatic nitrogens is 2. The van der Waals surface area contributed by atoms with Crippen LogP contribution in [0.25, 0.3) is 0 Å². The van der Waals surface area contributed by atoms with Crippen LogP contribution in [0, 0.1) is 5.92 Å². The van der Waals surface area contributed by atoms with Gasteiger partial charge in [-0.3, -0.25) is 9.69 Å². The second-order valence-electron chi connectivity index (χ2n) is 7.37. The molecule has 6 nitrogen and oxygen atoms in total. The van der Waals surface area contributed by atoms with Gasteiger partial charge in [0.15, 0.2) is 0 Å². The van der Waals surface area contributed by atoms with Crippen molar-refractivity contribution in [2.24, 2.45) is 5.92 Å². The summed E-state index contributed by atoms with van der Waals surface area (Å²) < 4.78 is 2.20. The monoisotopic (exact) mass is 336 g/mol. The van der Waals surface area contributed by atoms with Crippen molar-refractivity contribution in [1.82, 2.24) is 19.4 Å². The molecule has 1 aliphatic heterocycles. The van der Waals surface area contributed by atoms with Gasteiger partial charge in [0.1, 0.15) is 5.82 Å². The molecular weight excluding hydrogens is 304 g/mol. The molecule has 1 atom stereocenters. The van der Waals surface area contributed by atoms with Crippen molar-refractivity contribution in [2.45, 2.75) is 59.2 Å². The fourth-order valence-electron chi connectivity index (χ4n) is 3.06. The Morgan fingerprint density at radius 2 is 1.96 bits per heavy atom. The van der Waals surface area contributed by atoms with E-state index in [1.165, 1.54) is 0 Å². The normalized spacial score (nSPS) is 18.2. The fraction of sp³-hybridized carbons (Fsp3) is 0.778. The summed E-state index contributed by atoms with van der Waals surface area (Å²) in [6, 6.07) is 0.407. The van der Waals surface area contributed by atoms with Crippen LogP contribution in [0.3, 0.4) is 0 Å². The molecule has 136 valence electrons. The molecule has 0 aliphatic carbocycles. The Labute approximate surface area is 145 Å². The highest BCUT2D eigenvalue weighted by Gasteiger charge is 2.23. The SMILES string of the molecule is CC(C)C(O)CC(=O)N1CCCN(Cc2nccn2C(C)C)CC1. The summed E-state index contributed by atoms with van der Waals surface area (Å²) in [5.74, 6) is 1.27. The molecule has 0 bridgehead atoms. The molecule has 24 heavy (non-hydrogen) atoms. The molecule has 2 heterocycles. The minimum Gasteiger partial charge on any atom is -0.392 e. The largest absolute Gasteiger partial charge is 0.392 e. The van der Waals surface area contributed by atoms with Gasteiger partial charge in [-0.1, -0.05) is 13.8 Å². The molecule has 1 unspecified atom stereocenters. The van der Waals surface area contributed by atoms with Crippen molar-refractivity contribution in [3.8, 4) is 0 Å². The third-order valence-electron chi connectivity index (χ3n) is 4.76. The predicted molar refractivity (Wildman–Crippen MR) is 94.5 cm³/mol. The molecule has 0 radical (unpaired) electrons. The molecule has 2 rings (SSSR count). The summed E-state index contributed by atoms with van der Waals surface area (Å²) in [5, 5.41) is 9.93. The average Bonchev–Trinajstić information content (AvgIpc) is 2.85. The Hall–Kier alpha value is -1.40. The zero-order valence-electron chi connectivity index (χ0n) is 15.5. The summed E-state index contributed by atoms with van der Waals surface area (Å²) in [6.45, 7) is 12.4. The van der Waals surface area contributed by atoms with Crippen molar-refractivity contribution in [2.75, 3.05) is 26.2 Å². The minimum absolute atomic E-state index is 0.0710. The van der Waals surface area contributed by atoms with E-state index in [1.807, 2.05) is 31.1 Å². The van der Waals surface area contributed by atoms with E-state index >= 15 is 0 Å². The Bertz CT molecular complexity index is 527. The number of rotatable bonds is 6. The Balaban J connectivity index is 1.88. The lowest BCUT2D eigenvalue weighted by Gasteiger charge is -2.24. The molecule has 6 heteroatoms. The number of nitrogens with zero attached hydrogens (tertiary/aromatic N) is 4. The van der Waals surface area contributed by atoms with E-state index < -0.39 is 6.10 Å². The first-order valence-electron chi connectivity index (χ1n) is 9.08. The predicted octanol–water partition coefficient (Wildman–Crippen LogP) is 1.91. The van der Waals surface area contributed by atoms with E-state index in [1.54, 1.807) is 0 Å². The summed E-state index contributed by atoms with van der Waals surface area (Å²) in [6.07, 6.45) is 4.54. The van der Waals surface area contributed by atoms with Crippen LogP contribution in [0.2, 0.25) is 0 Å². The van der Waals surface area contributed by atoms with Crippen LogP contribution in [0.1, 0.15) is 52.4 Å². The first-order valence-corrected chi connectivity index (χ1v) is 9.08. The van der Waals surface area contributed by atoms with Gasteiger partial charge in [-0.05, 0) is 26.2 Å². The van der Waals surface area contributed by atoms with Gasteiger partial charge < -0.3 is 14.6 Å². The Morgan fingerprint density at radius 1 is 1.21 bits per heavy atom. The number of imidazole rings is 1. The van der Waals surface area contributed by atoms with E-state index in [9.17, 15) is 9.90 Å². The van der Waals surface area contributed by atoms with Crippen molar-refractivity contribution in [1.29, 1.82) is 0 Å². The number of carbonyl (C=O) groups excluding carboxylic acids is 1. The van der Waals surface area contributed by atoms with E-state index in [0.717, 1.165) is 45.0 Å². The Morgan fingerprint density at radius 3 is 2.62 bits per heavy atom. The van der Waals surface area contributed by atoms with Crippen LogP contribution in [-0.2, 0) is 11.3 Å². The quantitative estimate of drug-likeness (QED) is 0.862. The summed E-state index contributed by atoms with van der Waals surface area (Å²) >= 11 is 0. The molecule has 0 spiro atoms. The number of aliphatic hydroxyl groups excluding tert-OH is 1. The van der Waals surface area contributed by atoms with Gasteiger partial charge in [0.25, 0.3) is 0 Å². The number of hydrogen-bond acceptors (Lipinski definition) is 4. The van der Waals surface area contributed by atoms with Gasteiger partial charge in [-0.2, -0.15) is 0 Å². The van der Waals surface area contributed by atoms with E-state index in [4.69, 9.17) is 0 Å². The van der Waals surface area contributed by atoms with E-state index in [-0.39, 0.29) is 18.2 Å². The van der Waals surface area contributed by atoms with Gasteiger partial charge in [0, 0.05) is 44.6 Å². The first kappa shape index (κ1) is 18.9. The molecule has 0 saturated carbocycles. The molecular formula is C18H32N4O2. The highest BCUT2D eigenvalue weighted by molar-refractivity contribution is 5.76. The van der Waals surface area contributed by atoms with Crippen LogP contribution in [0.15, 0.2) is 12.4 Å². The lowest BCUT2D eigenvalue weighted by Crippen LogP contribution is -2.37. The van der Waals surface area contributed by atoms with Crippen molar-refractivity contribution < 1.29 is 9.90 Å². The lowest BCUT2D eigenvalue weighted by molar-refractivity contribution is -0.133. The third-order valence-corrected chi connectivity index (χ3v) is 4.76. The average molecular weight is 336 g/mol. The van der Waals surface area contributed by atoms with Gasteiger partial charge in [-0.15, -0.1) is 0 Å². The van der Waals surface area contributed by atoms with Crippen molar-refractivity contribution in [3.63, 3.8) is 0 Å². The van der Waals surface area contributed by atoms with Crippen LogP contribution in [0.5, 0.6) is 0 Å². The van der Waals surface area contributed by atoms with Crippen LogP contribution < -0.4 is 0 Å².